The van der Waals surface area contributed by atoms with Crippen molar-refractivity contribution in [3.63, 3.8) is 0 Å². The van der Waals surface area contributed by atoms with Crippen molar-refractivity contribution in [2.24, 2.45) is 4.99 Å². The van der Waals surface area contributed by atoms with Crippen molar-refractivity contribution in [1.29, 1.82) is 0 Å². The summed E-state index contributed by atoms with van der Waals surface area (Å²) in [6.45, 7) is 7.31. The van der Waals surface area contributed by atoms with Crippen molar-refractivity contribution in [2.75, 3.05) is 26.9 Å². The smallest absolute Gasteiger partial charge is 0.191 e. The SMILES string of the molecule is CCOCCOc1cc(C)ccc1CNC(=NC)NCc1ccsc1. The lowest BCUT2D eigenvalue weighted by Crippen LogP contribution is -2.36. The van der Waals surface area contributed by atoms with E-state index >= 15 is 0 Å². The van der Waals surface area contributed by atoms with Gasteiger partial charge in [0.15, 0.2) is 5.96 Å². The van der Waals surface area contributed by atoms with E-state index in [0.717, 1.165) is 23.8 Å². The molecule has 136 valence electrons. The van der Waals surface area contributed by atoms with Gasteiger partial charge in [0.25, 0.3) is 0 Å². The number of nitrogens with one attached hydrogen (secondary N) is 2. The lowest BCUT2D eigenvalue weighted by Gasteiger charge is -2.15. The Kier molecular flexibility index (Phi) is 8.28. The third kappa shape index (κ3) is 6.76. The van der Waals surface area contributed by atoms with Gasteiger partial charge in [-0.05, 0) is 47.9 Å². The Hall–Kier alpha value is -2.05. The quantitative estimate of drug-likeness (QED) is 0.409. The maximum absolute atomic E-state index is 5.88. The normalized spacial score (nSPS) is 11.4. The van der Waals surface area contributed by atoms with E-state index in [4.69, 9.17) is 9.47 Å². The average molecular weight is 362 g/mol. The highest BCUT2D eigenvalue weighted by atomic mass is 32.1. The minimum Gasteiger partial charge on any atom is -0.491 e. The van der Waals surface area contributed by atoms with E-state index < -0.39 is 0 Å². The van der Waals surface area contributed by atoms with E-state index in [9.17, 15) is 0 Å². The lowest BCUT2D eigenvalue weighted by atomic mass is 10.1. The second-order valence-corrected chi connectivity index (χ2v) is 6.35. The fourth-order valence-corrected chi connectivity index (χ4v) is 2.94. The van der Waals surface area contributed by atoms with E-state index in [2.05, 4.69) is 57.6 Å². The van der Waals surface area contributed by atoms with Crippen molar-refractivity contribution in [1.82, 2.24) is 10.6 Å². The highest BCUT2D eigenvalue weighted by molar-refractivity contribution is 7.07. The Morgan fingerprint density at radius 3 is 2.72 bits per heavy atom. The summed E-state index contributed by atoms with van der Waals surface area (Å²) in [6.07, 6.45) is 0. The van der Waals surface area contributed by atoms with E-state index in [1.165, 1.54) is 11.1 Å². The number of aliphatic imine (C=N–C) groups is 1. The fourth-order valence-electron chi connectivity index (χ4n) is 2.28. The second-order valence-electron chi connectivity index (χ2n) is 5.57. The Bertz CT molecular complexity index is 657. The molecule has 0 atom stereocenters. The standard InChI is InChI=1S/C19H27N3O2S/c1-4-23-8-9-24-18-11-15(2)5-6-17(18)13-22-19(20-3)21-12-16-7-10-25-14-16/h5-7,10-11,14H,4,8-9,12-13H2,1-3H3,(H2,20,21,22). The number of benzene rings is 1. The van der Waals surface area contributed by atoms with E-state index in [1.807, 2.05) is 6.92 Å². The molecular formula is C19H27N3O2S. The van der Waals surface area contributed by atoms with E-state index in [1.54, 1.807) is 18.4 Å². The molecule has 1 aromatic heterocycles. The Balaban J connectivity index is 1.89. The highest BCUT2D eigenvalue weighted by Gasteiger charge is 2.06. The van der Waals surface area contributed by atoms with Crippen LogP contribution in [0.5, 0.6) is 5.75 Å². The first kappa shape index (κ1) is 19.3. The number of ether oxygens (including phenoxy) is 2. The first-order valence-corrected chi connectivity index (χ1v) is 9.43. The van der Waals surface area contributed by atoms with Gasteiger partial charge in [-0.1, -0.05) is 12.1 Å². The monoisotopic (exact) mass is 361 g/mol. The van der Waals surface area contributed by atoms with Gasteiger partial charge in [0, 0.05) is 32.3 Å². The van der Waals surface area contributed by atoms with Gasteiger partial charge >= 0.3 is 0 Å². The summed E-state index contributed by atoms with van der Waals surface area (Å²) in [7, 11) is 1.78. The zero-order valence-corrected chi connectivity index (χ0v) is 16.0. The first-order valence-electron chi connectivity index (χ1n) is 8.48. The van der Waals surface area contributed by atoms with Gasteiger partial charge in [-0.2, -0.15) is 11.3 Å². The van der Waals surface area contributed by atoms with Gasteiger partial charge in [-0.3, -0.25) is 4.99 Å². The van der Waals surface area contributed by atoms with Crippen molar-refractivity contribution >= 4 is 17.3 Å². The second kappa shape index (κ2) is 10.7. The molecule has 0 aliphatic carbocycles. The van der Waals surface area contributed by atoms with Crippen LogP contribution in [0.1, 0.15) is 23.6 Å². The van der Waals surface area contributed by atoms with Gasteiger partial charge in [0.1, 0.15) is 12.4 Å². The molecule has 25 heavy (non-hydrogen) atoms. The lowest BCUT2D eigenvalue weighted by molar-refractivity contribution is 0.110. The van der Waals surface area contributed by atoms with Crippen molar-refractivity contribution < 1.29 is 9.47 Å². The summed E-state index contributed by atoms with van der Waals surface area (Å²) in [5.74, 6) is 1.66. The van der Waals surface area contributed by atoms with Gasteiger partial charge in [-0.15, -0.1) is 0 Å². The third-order valence-electron chi connectivity index (χ3n) is 3.62. The molecule has 0 unspecified atom stereocenters. The maximum Gasteiger partial charge on any atom is 0.191 e. The summed E-state index contributed by atoms with van der Waals surface area (Å²) in [5.41, 5.74) is 3.53. The zero-order chi connectivity index (χ0) is 17.9. The molecule has 6 heteroatoms. The molecule has 5 nitrogen and oxygen atoms in total. The predicted molar refractivity (Wildman–Crippen MR) is 105 cm³/mol. The van der Waals surface area contributed by atoms with Crippen LogP contribution in [0.2, 0.25) is 0 Å². The van der Waals surface area contributed by atoms with Crippen LogP contribution in [-0.4, -0.2) is 32.8 Å². The van der Waals surface area contributed by atoms with E-state index in [0.29, 0.717) is 26.4 Å². The van der Waals surface area contributed by atoms with Crippen LogP contribution in [0, 0.1) is 6.92 Å². The largest absolute Gasteiger partial charge is 0.491 e. The molecule has 0 radical (unpaired) electrons. The molecule has 0 saturated heterocycles. The number of hydrogen-bond donors (Lipinski definition) is 2. The number of guanidine groups is 1. The Morgan fingerprint density at radius 2 is 2.00 bits per heavy atom. The highest BCUT2D eigenvalue weighted by Crippen LogP contribution is 2.20. The molecule has 0 amide bonds. The summed E-state index contributed by atoms with van der Waals surface area (Å²) in [4.78, 5) is 4.27. The molecule has 0 aliphatic rings. The Labute approximate surface area is 154 Å². The number of nitrogens with zero attached hydrogens (tertiary/aromatic N) is 1. The topological polar surface area (TPSA) is 54.9 Å². The number of hydrogen-bond acceptors (Lipinski definition) is 4. The van der Waals surface area contributed by atoms with E-state index in [-0.39, 0.29) is 0 Å². The molecule has 2 N–H and O–H groups in total. The number of rotatable bonds is 9. The van der Waals surface area contributed by atoms with Gasteiger partial charge < -0.3 is 20.1 Å². The maximum atomic E-state index is 5.88. The van der Waals surface area contributed by atoms with Crippen molar-refractivity contribution in [3.05, 3.63) is 51.7 Å². The summed E-state index contributed by atoms with van der Waals surface area (Å²) in [5, 5.41) is 10.9. The van der Waals surface area contributed by atoms with Crippen LogP contribution >= 0.6 is 11.3 Å². The van der Waals surface area contributed by atoms with Gasteiger partial charge in [0.05, 0.1) is 6.61 Å². The third-order valence-corrected chi connectivity index (χ3v) is 4.35. The molecule has 0 spiro atoms. The molecule has 2 rings (SSSR count). The van der Waals surface area contributed by atoms with Crippen molar-refractivity contribution in [3.8, 4) is 5.75 Å². The molecule has 1 heterocycles. The molecular weight excluding hydrogens is 334 g/mol. The van der Waals surface area contributed by atoms with Crippen LogP contribution in [0.3, 0.4) is 0 Å². The molecule has 0 bridgehead atoms. The Morgan fingerprint density at radius 1 is 1.16 bits per heavy atom. The molecule has 2 aromatic rings. The first-order chi connectivity index (χ1) is 12.2. The summed E-state index contributed by atoms with van der Waals surface area (Å²) >= 11 is 1.70. The summed E-state index contributed by atoms with van der Waals surface area (Å²) < 4.78 is 11.2. The molecule has 0 saturated carbocycles. The van der Waals surface area contributed by atoms with Crippen LogP contribution in [0.15, 0.2) is 40.0 Å². The van der Waals surface area contributed by atoms with Crippen LogP contribution in [0.4, 0.5) is 0 Å². The van der Waals surface area contributed by atoms with Crippen LogP contribution in [0.25, 0.3) is 0 Å². The minimum atomic E-state index is 0.551. The number of aryl methyl sites for hydroxylation is 1. The zero-order valence-electron chi connectivity index (χ0n) is 15.2. The van der Waals surface area contributed by atoms with Gasteiger partial charge in [0.2, 0.25) is 0 Å². The van der Waals surface area contributed by atoms with Gasteiger partial charge in [-0.25, -0.2) is 0 Å². The van der Waals surface area contributed by atoms with Crippen LogP contribution < -0.4 is 15.4 Å². The predicted octanol–water partition coefficient (Wildman–Crippen LogP) is 3.34. The number of thiophene rings is 1. The molecule has 1 aromatic carbocycles. The summed E-state index contributed by atoms with van der Waals surface area (Å²) in [6, 6.07) is 8.35. The fraction of sp³-hybridized carbons (Fsp3) is 0.421. The van der Waals surface area contributed by atoms with Crippen LogP contribution in [-0.2, 0) is 17.8 Å². The van der Waals surface area contributed by atoms with Crippen molar-refractivity contribution in [2.45, 2.75) is 26.9 Å². The molecule has 0 fully saturated rings. The molecule has 0 aliphatic heterocycles. The average Bonchev–Trinajstić information content (AvgIpc) is 3.14. The minimum absolute atomic E-state index is 0.551.